The second-order valence-electron chi connectivity index (χ2n) is 7.93. The number of hydrogen-bond acceptors (Lipinski definition) is 1. The van der Waals surface area contributed by atoms with Crippen molar-refractivity contribution in [2.45, 2.75) is 0 Å². The molecular weight excluding hydrogens is 386 g/mol. The van der Waals surface area contributed by atoms with Gasteiger partial charge in [-0.25, -0.2) is 0 Å². The fraction of sp³-hybridized carbons (Fsp3) is 0.0323. The van der Waals surface area contributed by atoms with Crippen LogP contribution in [0.15, 0.2) is 133 Å². The normalized spacial score (nSPS) is 10.7. The molecule has 32 heavy (non-hydrogen) atoms. The molecule has 1 nitrogen and oxygen atoms in total. The van der Waals surface area contributed by atoms with Crippen molar-refractivity contribution >= 4 is 11.4 Å². The molecule has 5 aromatic carbocycles. The summed E-state index contributed by atoms with van der Waals surface area (Å²) in [5, 5.41) is 0. The van der Waals surface area contributed by atoms with E-state index in [9.17, 15) is 0 Å². The molecule has 0 bridgehead atoms. The number of nitrogens with zero attached hydrogens (tertiary/aromatic N) is 1. The van der Waals surface area contributed by atoms with E-state index in [1.807, 2.05) is 0 Å². The van der Waals surface area contributed by atoms with Crippen LogP contribution < -0.4 is 4.90 Å². The van der Waals surface area contributed by atoms with E-state index in [0.29, 0.717) is 0 Å². The molecule has 0 unspecified atom stereocenters. The average molecular weight is 412 g/mol. The van der Waals surface area contributed by atoms with Crippen LogP contribution in [0.5, 0.6) is 0 Å². The molecule has 0 heterocycles. The van der Waals surface area contributed by atoms with Crippen LogP contribution in [0.3, 0.4) is 0 Å². The zero-order valence-corrected chi connectivity index (χ0v) is 18.1. The van der Waals surface area contributed by atoms with Crippen LogP contribution in [-0.2, 0) is 0 Å². The van der Waals surface area contributed by atoms with Gasteiger partial charge in [0.2, 0.25) is 0 Å². The summed E-state index contributed by atoms with van der Waals surface area (Å²) in [4.78, 5) is 2.26. The minimum atomic E-state index is 1.16. The largest absolute Gasteiger partial charge is 0.344 e. The van der Waals surface area contributed by atoms with Crippen LogP contribution in [0.4, 0.5) is 11.4 Å². The number of hydrogen-bond donors (Lipinski definition) is 0. The van der Waals surface area contributed by atoms with Crippen LogP contribution in [0.2, 0.25) is 0 Å². The van der Waals surface area contributed by atoms with Crippen molar-refractivity contribution in [3.8, 4) is 33.4 Å². The van der Waals surface area contributed by atoms with E-state index in [1.54, 1.807) is 0 Å². The summed E-state index contributed by atoms with van der Waals surface area (Å²) in [5.41, 5.74) is 9.73. The first-order chi connectivity index (χ1) is 15.8. The number of rotatable bonds is 5. The number of benzene rings is 5. The minimum absolute atomic E-state index is 1.16. The van der Waals surface area contributed by atoms with Gasteiger partial charge in [-0.1, -0.05) is 115 Å². The highest BCUT2D eigenvalue weighted by Gasteiger charge is 2.11. The summed E-state index contributed by atoms with van der Waals surface area (Å²) in [6, 6.07) is 47.2. The topological polar surface area (TPSA) is 3.24 Å². The highest BCUT2D eigenvalue weighted by molar-refractivity contribution is 5.83. The van der Waals surface area contributed by atoms with Crippen molar-refractivity contribution < 1.29 is 0 Å². The minimum Gasteiger partial charge on any atom is -0.344 e. The first-order valence-electron chi connectivity index (χ1n) is 10.9. The van der Waals surface area contributed by atoms with E-state index in [2.05, 4.69) is 145 Å². The smallest absolute Gasteiger partial charge is 0.0487 e. The average Bonchev–Trinajstić information content (AvgIpc) is 2.89. The predicted octanol–water partition coefficient (Wildman–Crippen LogP) is 8.46. The molecule has 0 aliphatic rings. The van der Waals surface area contributed by atoms with Crippen molar-refractivity contribution in [3.63, 3.8) is 0 Å². The maximum atomic E-state index is 2.26. The van der Waals surface area contributed by atoms with Crippen LogP contribution in [0.25, 0.3) is 33.4 Å². The fourth-order valence-electron chi connectivity index (χ4n) is 4.13. The van der Waals surface area contributed by atoms with E-state index in [4.69, 9.17) is 0 Å². The summed E-state index contributed by atoms with van der Waals surface area (Å²) in [7, 11) is 2.13. The first kappa shape index (κ1) is 19.8. The Bertz CT molecular complexity index is 1290. The van der Waals surface area contributed by atoms with E-state index in [-0.39, 0.29) is 0 Å². The third kappa shape index (κ3) is 4.06. The third-order valence-corrected chi connectivity index (χ3v) is 5.93. The Labute approximate surface area is 190 Å². The van der Waals surface area contributed by atoms with Gasteiger partial charge in [-0.05, 0) is 46.0 Å². The van der Waals surface area contributed by atoms with Gasteiger partial charge in [-0.3, -0.25) is 0 Å². The number of anilines is 2. The van der Waals surface area contributed by atoms with E-state index in [0.717, 1.165) is 5.69 Å². The van der Waals surface area contributed by atoms with E-state index >= 15 is 0 Å². The summed E-state index contributed by atoms with van der Waals surface area (Å²) >= 11 is 0. The van der Waals surface area contributed by atoms with Gasteiger partial charge in [0.05, 0.1) is 0 Å². The molecule has 0 amide bonds. The van der Waals surface area contributed by atoms with E-state index in [1.165, 1.54) is 39.1 Å². The molecule has 1 heteroatoms. The maximum Gasteiger partial charge on any atom is 0.0487 e. The van der Waals surface area contributed by atoms with E-state index < -0.39 is 0 Å². The first-order valence-corrected chi connectivity index (χ1v) is 10.9. The quantitative estimate of drug-likeness (QED) is 0.280. The monoisotopic (exact) mass is 411 g/mol. The summed E-state index contributed by atoms with van der Waals surface area (Å²) in [6.07, 6.45) is 0. The Kier molecular flexibility index (Phi) is 5.55. The van der Waals surface area contributed by atoms with Crippen molar-refractivity contribution in [2.24, 2.45) is 0 Å². The van der Waals surface area contributed by atoms with Crippen LogP contribution in [-0.4, -0.2) is 7.05 Å². The Morgan fingerprint density at radius 2 is 0.781 bits per heavy atom. The lowest BCUT2D eigenvalue weighted by Gasteiger charge is -2.23. The van der Waals surface area contributed by atoms with Crippen molar-refractivity contribution in [1.29, 1.82) is 0 Å². The molecule has 5 rings (SSSR count). The van der Waals surface area contributed by atoms with Gasteiger partial charge in [0.25, 0.3) is 0 Å². The SMILES string of the molecule is CN(c1ccc(-c2ccccc2)cc1)c1ccccc1-c1ccc(-c2ccccc2)cc1. The van der Waals surface area contributed by atoms with Crippen LogP contribution in [0, 0.1) is 0 Å². The fourth-order valence-corrected chi connectivity index (χ4v) is 4.13. The molecule has 0 N–H and O–H groups in total. The molecule has 0 aliphatic heterocycles. The van der Waals surface area contributed by atoms with Crippen molar-refractivity contribution in [3.05, 3.63) is 133 Å². The number of para-hydroxylation sites is 1. The van der Waals surface area contributed by atoms with Gasteiger partial charge in [0.1, 0.15) is 0 Å². The molecule has 0 saturated heterocycles. The van der Waals surface area contributed by atoms with Crippen LogP contribution in [0.1, 0.15) is 0 Å². The Hall–Kier alpha value is -4.10. The standard InChI is InChI=1S/C31H25N/c1-32(29-22-20-27(21-23-29)25-12-6-3-7-13-25)31-15-9-8-14-30(31)28-18-16-26(17-19-28)24-10-4-2-5-11-24/h2-23H,1H3. The molecule has 5 aromatic rings. The second-order valence-corrected chi connectivity index (χ2v) is 7.93. The summed E-state index contributed by atoms with van der Waals surface area (Å²) in [5.74, 6) is 0. The van der Waals surface area contributed by atoms with Gasteiger partial charge >= 0.3 is 0 Å². The molecule has 0 saturated carbocycles. The summed E-state index contributed by atoms with van der Waals surface area (Å²) < 4.78 is 0. The van der Waals surface area contributed by atoms with Gasteiger partial charge in [0.15, 0.2) is 0 Å². The molecule has 0 aromatic heterocycles. The molecule has 0 fully saturated rings. The summed E-state index contributed by atoms with van der Waals surface area (Å²) in [6.45, 7) is 0. The lowest BCUT2D eigenvalue weighted by atomic mass is 9.98. The van der Waals surface area contributed by atoms with Gasteiger partial charge in [0, 0.05) is 24.0 Å². The van der Waals surface area contributed by atoms with Gasteiger partial charge in [-0.15, -0.1) is 0 Å². The Balaban J connectivity index is 1.44. The lowest BCUT2D eigenvalue weighted by molar-refractivity contribution is 1.21. The van der Waals surface area contributed by atoms with Gasteiger partial charge < -0.3 is 4.90 Å². The Morgan fingerprint density at radius 1 is 0.375 bits per heavy atom. The lowest BCUT2D eigenvalue weighted by Crippen LogP contribution is -2.10. The highest BCUT2D eigenvalue weighted by atomic mass is 15.1. The van der Waals surface area contributed by atoms with Gasteiger partial charge in [-0.2, -0.15) is 0 Å². The molecule has 0 spiro atoms. The third-order valence-electron chi connectivity index (χ3n) is 5.93. The predicted molar refractivity (Wildman–Crippen MR) is 137 cm³/mol. The zero-order chi connectivity index (χ0) is 21.8. The van der Waals surface area contributed by atoms with Crippen LogP contribution >= 0.6 is 0 Å². The molecule has 154 valence electrons. The van der Waals surface area contributed by atoms with Crippen molar-refractivity contribution in [1.82, 2.24) is 0 Å². The second kappa shape index (κ2) is 8.95. The maximum absolute atomic E-state index is 2.26. The zero-order valence-electron chi connectivity index (χ0n) is 18.1. The molecule has 0 aliphatic carbocycles. The van der Waals surface area contributed by atoms with Crippen molar-refractivity contribution in [2.75, 3.05) is 11.9 Å². The molecule has 0 atom stereocenters. The molecular formula is C31H25N. The highest BCUT2D eigenvalue weighted by Crippen LogP contribution is 2.35. The Morgan fingerprint density at radius 3 is 1.34 bits per heavy atom. The molecule has 0 radical (unpaired) electrons.